The first-order chi connectivity index (χ1) is 8.79. The Morgan fingerprint density at radius 2 is 2.06 bits per heavy atom. The van der Waals surface area contributed by atoms with Crippen molar-refractivity contribution in [2.45, 2.75) is 26.2 Å². The van der Waals surface area contributed by atoms with Crippen LogP contribution in [0.2, 0.25) is 0 Å². The first kappa shape index (κ1) is 13.1. The molecule has 98 valence electrons. The van der Waals surface area contributed by atoms with Crippen LogP contribution in [0.1, 0.15) is 24.5 Å². The fourth-order valence-electron chi connectivity index (χ4n) is 2.29. The van der Waals surface area contributed by atoms with Gasteiger partial charge in [-0.25, -0.2) is 0 Å². The maximum atomic E-state index is 11.8. The highest BCUT2D eigenvalue weighted by Gasteiger charge is 2.21. The third kappa shape index (κ3) is 3.57. The Labute approximate surface area is 109 Å². The zero-order valence-corrected chi connectivity index (χ0v) is 11.0. The van der Waals surface area contributed by atoms with Crippen LogP contribution in [0, 0.1) is 5.92 Å². The molecular weight excluding hydrogens is 224 g/mol. The third-order valence-corrected chi connectivity index (χ3v) is 3.58. The molecule has 3 heteroatoms. The first-order valence-electron chi connectivity index (χ1n) is 6.86. The van der Waals surface area contributed by atoms with Crippen LogP contribution in [0.15, 0.2) is 24.3 Å². The summed E-state index contributed by atoms with van der Waals surface area (Å²) in [6, 6.07) is 8.64. The lowest BCUT2D eigenvalue weighted by Gasteiger charge is -2.09. The molecule has 1 saturated heterocycles. The van der Waals surface area contributed by atoms with Crippen LogP contribution in [0.4, 0.5) is 0 Å². The summed E-state index contributed by atoms with van der Waals surface area (Å²) in [5.41, 5.74) is 2.65. The van der Waals surface area contributed by atoms with Crippen LogP contribution < -0.4 is 10.6 Å². The Morgan fingerprint density at radius 1 is 1.33 bits per heavy atom. The summed E-state index contributed by atoms with van der Waals surface area (Å²) in [5.74, 6) is 0.373. The molecule has 0 saturated carbocycles. The second kappa shape index (κ2) is 6.55. The number of nitrogens with one attached hydrogen (secondary N) is 2. The van der Waals surface area contributed by atoms with Crippen molar-refractivity contribution in [3.8, 4) is 0 Å². The zero-order chi connectivity index (χ0) is 12.8. The largest absolute Gasteiger partial charge is 0.355 e. The summed E-state index contributed by atoms with van der Waals surface area (Å²) in [5, 5.41) is 6.24. The Morgan fingerprint density at radius 3 is 2.67 bits per heavy atom. The van der Waals surface area contributed by atoms with Crippen LogP contribution >= 0.6 is 0 Å². The number of hydrogen-bond acceptors (Lipinski definition) is 2. The molecule has 1 aliphatic rings. The molecule has 1 fully saturated rings. The van der Waals surface area contributed by atoms with Gasteiger partial charge in [0.25, 0.3) is 0 Å². The molecule has 2 N–H and O–H groups in total. The lowest BCUT2D eigenvalue weighted by Crippen LogP contribution is -2.33. The quantitative estimate of drug-likeness (QED) is 0.827. The number of aryl methyl sites for hydroxylation is 1. The molecule has 1 aliphatic heterocycles. The minimum Gasteiger partial charge on any atom is -0.355 e. The predicted molar refractivity (Wildman–Crippen MR) is 73.5 cm³/mol. The van der Waals surface area contributed by atoms with Crippen molar-refractivity contribution in [2.24, 2.45) is 5.92 Å². The van der Waals surface area contributed by atoms with Crippen LogP contribution in [0.25, 0.3) is 0 Å². The molecule has 0 aliphatic carbocycles. The topological polar surface area (TPSA) is 41.1 Å². The SMILES string of the molecule is CCc1ccc(CCNC(=O)C2CCNC2)cc1. The molecule has 0 radical (unpaired) electrons. The van der Waals surface area contributed by atoms with E-state index in [2.05, 4.69) is 41.8 Å². The summed E-state index contributed by atoms with van der Waals surface area (Å²) in [6.45, 7) is 4.69. The van der Waals surface area contributed by atoms with Gasteiger partial charge in [-0.05, 0) is 36.9 Å². The van der Waals surface area contributed by atoms with E-state index in [1.165, 1.54) is 11.1 Å². The van der Waals surface area contributed by atoms with Gasteiger partial charge in [0.1, 0.15) is 0 Å². The van der Waals surface area contributed by atoms with Gasteiger partial charge in [0.05, 0.1) is 5.92 Å². The molecule has 1 aromatic rings. The van der Waals surface area contributed by atoms with E-state index in [-0.39, 0.29) is 11.8 Å². The van der Waals surface area contributed by atoms with Crippen LogP contribution in [-0.2, 0) is 17.6 Å². The van der Waals surface area contributed by atoms with Gasteiger partial charge in [0, 0.05) is 13.1 Å². The van der Waals surface area contributed by atoms with E-state index >= 15 is 0 Å². The number of hydrogen-bond donors (Lipinski definition) is 2. The second-order valence-corrected chi connectivity index (χ2v) is 4.90. The summed E-state index contributed by atoms with van der Waals surface area (Å²) in [7, 11) is 0. The van der Waals surface area contributed by atoms with Gasteiger partial charge in [-0.15, -0.1) is 0 Å². The summed E-state index contributed by atoms with van der Waals surface area (Å²) in [4.78, 5) is 11.8. The van der Waals surface area contributed by atoms with Crippen molar-refractivity contribution in [3.05, 3.63) is 35.4 Å². The maximum absolute atomic E-state index is 11.8. The van der Waals surface area contributed by atoms with E-state index in [1.54, 1.807) is 0 Å². The average Bonchev–Trinajstić information content (AvgIpc) is 2.93. The smallest absolute Gasteiger partial charge is 0.224 e. The van der Waals surface area contributed by atoms with Gasteiger partial charge in [0.2, 0.25) is 5.91 Å². The van der Waals surface area contributed by atoms with Gasteiger partial charge in [0.15, 0.2) is 0 Å². The highest BCUT2D eigenvalue weighted by Crippen LogP contribution is 2.08. The lowest BCUT2D eigenvalue weighted by atomic mass is 10.1. The molecule has 2 rings (SSSR count). The maximum Gasteiger partial charge on any atom is 0.224 e. The number of benzene rings is 1. The Balaban J connectivity index is 1.72. The first-order valence-corrected chi connectivity index (χ1v) is 6.86. The highest BCUT2D eigenvalue weighted by atomic mass is 16.1. The average molecular weight is 246 g/mol. The van der Waals surface area contributed by atoms with Gasteiger partial charge in [-0.2, -0.15) is 0 Å². The standard InChI is InChI=1S/C15H22N2O/c1-2-12-3-5-13(6-4-12)7-10-17-15(18)14-8-9-16-11-14/h3-6,14,16H,2,7-11H2,1H3,(H,17,18). The Hall–Kier alpha value is -1.35. The van der Waals surface area contributed by atoms with Crippen molar-refractivity contribution in [1.82, 2.24) is 10.6 Å². The van der Waals surface area contributed by atoms with E-state index < -0.39 is 0 Å². The minimum atomic E-state index is 0.174. The summed E-state index contributed by atoms with van der Waals surface area (Å²) < 4.78 is 0. The molecule has 1 aromatic carbocycles. The van der Waals surface area contributed by atoms with E-state index in [9.17, 15) is 4.79 Å². The fraction of sp³-hybridized carbons (Fsp3) is 0.533. The van der Waals surface area contributed by atoms with Crippen molar-refractivity contribution in [1.29, 1.82) is 0 Å². The minimum absolute atomic E-state index is 0.174. The van der Waals surface area contributed by atoms with Crippen LogP contribution in [-0.4, -0.2) is 25.5 Å². The van der Waals surface area contributed by atoms with Crippen molar-refractivity contribution >= 4 is 5.91 Å². The van der Waals surface area contributed by atoms with E-state index in [0.717, 1.165) is 38.9 Å². The number of amides is 1. The molecule has 1 heterocycles. The van der Waals surface area contributed by atoms with E-state index in [1.807, 2.05) is 0 Å². The van der Waals surface area contributed by atoms with Crippen molar-refractivity contribution in [2.75, 3.05) is 19.6 Å². The van der Waals surface area contributed by atoms with E-state index in [0.29, 0.717) is 0 Å². The number of rotatable bonds is 5. The van der Waals surface area contributed by atoms with E-state index in [4.69, 9.17) is 0 Å². The fourth-order valence-corrected chi connectivity index (χ4v) is 2.29. The summed E-state index contributed by atoms with van der Waals surface area (Å²) >= 11 is 0. The highest BCUT2D eigenvalue weighted by molar-refractivity contribution is 5.79. The lowest BCUT2D eigenvalue weighted by molar-refractivity contribution is -0.124. The molecule has 0 spiro atoms. The molecule has 1 atom stereocenters. The molecule has 0 bridgehead atoms. The zero-order valence-electron chi connectivity index (χ0n) is 11.0. The monoisotopic (exact) mass is 246 g/mol. The number of carbonyl (C=O) groups excluding carboxylic acids is 1. The van der Waals surface area contributed by atoms with Gasteiger partial charge in [-0.1, -0.05) is 31.2 Å². The third-order valence-electron chi connectivity index (χ3n) is 3.58. The molecule has 3 nitrogen and oxygen atoms in total. The molecule has 1 amide bonds. The van der Waals surface area contributed by atoms with Gasteiger partial charge >= 0.3 is 0 Å². The van der Waals surface area contributed by atoms with Crippen LogP contribution in [0.5, 0.6) is 0 Å². The molecule has 18 heavy (non-hydrogen) atoms. The molecule has 0 aromatic heterocycles. The predicted octanol–water partition coefficient (Wildman–Crippen LogP) is 1.52. The van der Waals surface area contributed by atoms with Crippen molar-refractivity contribution in [3.63, 3.8) is 0 Å². The van der Waals surface area contributed by atoms with Crippen LogP contribution in [0.3, 0.4) is 0 Å². The number of carbonyl (C=O) groups is 1. The molecular formula is C15H22N2O. The van der Waals surface area contributed by atoms with Crippen molar-refractivity contribution < 1.29 is 4.79 Å². The Kier molecular flexibility index (Phi) is 4.76. The van der Waals surface area contributed by atoms with Gasteiger partial charge < -0.3 is 10.6 Å². The Bertz CT molecular complexity index is 380. The summed E-state index contributed by atoms with van der Waals surface area (Å²) in [6.07, 6.45) is 2.96. The van der Waals surface area contributed by atoms with Gasteiger partial charge in [-0.3, -0.25) is 4.79 Å². The normalized spacial score (nSPS) is 18.8. The second-order valence-electron chi connectivity index (χ2n) is 4.90. The molecule has 1 unspecified atom stereocenters.